The number of hydrogen-bond acceptors (Lipinski definition) is 4. The van der Waals surface area contributed by atoms with Crippen LogP contribution in [0.15, 0.2) is 83.8 Å². The number of nitrogens with two attached hydrogens (primary N) is 1. The number of carbonyl (C=O) groups is 1. The highest BCUT2D eigenvalue weighted by molar-refractivity contribution is 7.92. The van der Waals surface area contributed by atoms with Crippen LogP contribution in [0.5, 0.6) is 0 Å². The summed E-state index contributed by atoms with van der Waals surface area (Å²) >= 11 is 0. The van der Waals surface area contributed by atoms with Crippen molar-refractivity contribution >= 4 is 33.0 Å². The maximum Gasteiger partial charge on any atom is 0.261 e. The van der Waals surface area contributed by atoms with Crippen LogP contribution >= 0.6 is 0 Å². The van der Waals surface area contributed by atoms with Crippen molar-refractivity contribution in [2.45, 2.75) is 4.90 Å². The van der Waals surface area contributed by atoms with Crippen molar-refractivity contribution in [1.29, 1.82) is 0 Å². The monoisotopic (exact) mass is 367 g/mol. The molecule has 0 aliphatic rings. The number of carbonyl (C=O) groups excluding carboxylic acids is 1. The molecule has 3 rings (SSSR count). The van der Waals surface area contributed by atoms with Crippen molar-refractivity contribution in [2.75, 3.05) is 15.8 Å². The molecule has 7 heteroatoms. The minimum atomic E-state index is -3.67. The molecule has 3 aromatic carbocycles. The largest absolute Gasteiger partial charge is 0.397 e. The van der Waals surface area contributed by atoms with Gasteiger partial charge in [0.2, 0.25) is 0 Å². The van der Waals surface area contributed by atoms with Crippen LogP contribution in [0.2, 0.25) is 0 Å². The first kappa shape index (κ1) is 17.5. The molecular formula is C19H17N3O3S. The molecular weight excluding hydrogens is 350 g/mol. The van der Waals surface area contributed by atoms with Crippen molar-refractivity contribution in [3.63, 3.8) is 0 Å². The summed E-state index contributed by atoms with van der Waals surface area (Å²) < 4.78 is 27.1. The molecule has 0 heterocycles. The van der Waals surface area contributed by atoms with Crippen LogP contribution in [0.25, 0.3) is 0 Å². The number of rotatable bonds is 5. The van der Waals surface area contributed by atoms with Gasteiger partial charge in [-0.2, -0.15) is 0 Å². The van der Waals surface area contributed by atoms with E-state index in [1.165, 1.54) is 36.4 Å². The second-order valence-electron chi connectivity index (χ2n) is 5.54. The maximum absolute atomic E-state index is 12.3. The summed E-state index contributed by atoms with van der Waals surface area (Å²) in [5, 5.41) is 2.72. The summed E-state index contributed by atoms with van der Waals surface area (Å²) in [4.78, 5) is 12.4. The molecule has 1 amide bonds. The third kappa shape index (κ3) is 4.01. The molecule has 0 aromatic heterocycles. The molecule has 0 unspecified atom stereocenters. The van der Waals surface area contributed by atoms with E-state index < -0.39 is 10.0 Å². The minimum absolute atomic E-state index is 0.168. The van der Waals surface area contributed by atoms with Crippen LogP contribution in [0.3, 0.4) is 0 Å². The lowest BCUT2D eigenvalue weighted by molar-refractivity contribution is 0.102. The van der Waals surface area contributed by atoms with Crippen LogP contribution in [-0.4, -0.2) is 14.3 Å². The van der Waals surface area contributed by atoms with Gasteiger partial charge in [0.25, 0.3) is 15.9 Å². The number of hydrogen-bond donors (Lipinski definition) is 3. The maximum atomic E-state index is 12.3. The van der Waals surface area contributed by atoms with E-state index in [9.17, 15) is 13.2 Å². The van der Waals surface area contributed by atoms with Gasteiger partial charge >= 0.3 is 0 Å². The first-order valence-electron chi connectivity index (χ1n) is 7.79. The second kappa shape index (κ2) is 7.28. The predicted molar refractivity (Wildman–Crippen MR) is 103 cm³/mol. The smallest absolute Gasteiger partial charge is 0.261 e. The molecule has 6 nitrogen and oxygen atoms in total. The summed E-state index contributed by atoms with van der Waals surface area (Å²) in [5.41, 5.74) is 7.54. The lowest BCUT2D eigenvalue weighted by atomic mass is 10.2. The summed E-state index contributed by atoms with van der Waals surface area (Å²) in [6.07, 6.45) is 0. The number of sulfonamides is 1. The zero-order chi connectivity index (χ0) is 18.6. The van der Waals surface area contributed by atoms with Gasteiger partial charge in [0.1, 0.15) is 0 Å². The number of nitrogens with one attached hydrogen (secondary N) is 2. The van der Waals surface area contributed by atoms with Crippen molar-refractivity contribution in [3.8, 4) is 0 Å². The quantitative estimate of drug-likeness (QED) is 0.602. The Hall–Kier alpha value is -3.32. The molecule has 0 aliphatic heterocycles. The van der Waals surface area contributed by atoms with Gasteiger partial charge in [-0.3, -0.25) is 9.52 Å². The van der Waals surface area contributed by atoms with E-state index in [4.69, 9.17) is 5.73 Å². The molecule has 0 atom stereocenters. The van der Waals surface area contributed by atoms with E-state index >= 15 is 0 Å². The first-order valence-corrected chi connectivity index (χ1v) is 9.28. The Labute approximate surface area is 151 Å². The SMILES string of the molecule is Nc1ccccc1NC(=O)c1ccc(NS(=O)(=O)c2ccccc2)cc1. The normalized spacial score (nSPS) is 10.9. The number of amides is 1. The van der Waals surface area contributed by atoms with E-state index in [2.05, 4.69) is 10.0 Å². The molecule has 4 N–H and O–H groups in total. The minimum Gasteiger partial charge on any atom is -0.397 e. The zero-order valence-electron chi connectivity index (χ0n) is 13.7. The molecule has 26 heavy (non-hydrogen) atoms. The van der Waals surface area contributed by atoms with Gasteiger partial charge in [0.05, 0.1) is 16.3 Å². The summed E-state index contributed by atoms with van der Waals surface area (Å²) in [6.45, 7) is 0. The molecule has 0 spiro atoms. The van der Waals surface area contributed by atoms with E-state index in [0.717, 1.165) is 0 Å². The van der Waals surface area contributed by atoms with Gasteiger partial charge < -0.3 is 11.1 Å². The highest BCUT2D eigenvalue weighted by Crippen LogP contribution is 2.19. The Kier molecular flexibility index (Phi) is 4.90. The van der Waals surface area contributed by atoms with Gasteiger partial charge in [0, 0.05) is 11.3 Å². The zero-order valence-corrected chi connectivity index (χ0v) is 14.5. The Morgan fingerprint density at radius 1 is 0.808 bits per heavy atom. The topological polar surface area (TPSA) is 101 Å². The number of anilines is 3. The van der Waals surface area contributed by atoms with Crippen LogP contribution in [-0.2, 0) is 10.0 Å². The van der Waals surface area contributed by atoms with Crippen molar-refractivity contribution < 1.29 is 13.2 Å². The molecule has 3 aromatic rings. The average Bonchev–Trinajstić information content (AvgIpc) is 2.64. The Morgan fingerprint density at radius 3 is 2.08 bits per heavy atom. The van der Waals surface area contributed by atoms with Gasteiger partial charge in [-0.15, -0.1) is 0 Å². The third-order valence-corrected chi connectivity index (χ3v) is 5.06. The number of para-hydroxylation sites is 2. The lowest BCUT2D eigenvalue weighted by Crippen LogP contribution is -2.14. The molecule has 0 saturated carbocycles. The van der Waals surface area contributed by atoms with Crippen LogP contribution in [0, 0.1) is 0 Å². The van der Waals surface area contributed by atoms with Crippen LogP contribution in [0.4, 0.5) is 17.1 Å². The summed E-state index contributed by atoms with van der Waals surface area (Å²) in [7, 11) is -3.67. The molecule has 0 saturated heterocycles. The van der Waals surface area contributed by atoms with Gasteiger partial charge in [0.15, 0.2) is 0 Å². The fourth-order valence-corrected chi connectivity index (χ4v) is 3.39. The van der Waals surface area contributed by atoms with Crippen molar-refractivity contribution in [1.82, 2.24) is 0 Å². The van der Waals surface area contributed by atoms with Gasteiger partial charge in [-0.25, -0.2) is 8.42 Å². The predicted octanol–water partition coefficient (Wildman–Crippen LogP) is 3.32. The van der Waals surface area contributed by atoms with Crippen molar-refractivity contribution in [2.24, 2.45) is 0 Å². The van der Waals surface area contributed by atoms with Crippen LogP contribution < -0.4 is 15.8 Å². The molecule has 132 valence electrons. The molecule has 0 fully saturated rings. The standard InChI is InChI=1S/C19H17N3O3S/c20-17-8-4-5-9-18(17)21-19(23)14-10-12-15(13-11-14)22-26(24,25)16-6-2-1-3-7-16/h1-13,22H,20H2,(H,21,23). The Balaban J connectivity index is 1.72. The average molecular weight is 367 g/mol. The lowest BCUT2D eigenvalue weighted by Gasteiger charge is -2.10. The van der Waals surface area contributed by atoms with E-state index in [1.807, 2.05) is 0 Å². The fourth-order valence-electron chi connectivity index (χ4n) is 2.31. The highest BCUT2D eigenvalue weighted by Gasteiger charge is 2.14. The Morgan fingerprint density at radius 2 is 1.42 bits per heavy atom. The molecule has 0 radical (unpaired) electrons. The first-order chi connectivity index (χ1) is 12.5. The number of benzene rings is 3. The van der Waals surface area contributed by atoms with Crippen LogP contribution in [0.1, 0.15) is 10.4 Å². The molecule has 0 aliphatic carbocycles. The van der Waals surface area contributed by atoms with Gasteiger partial charge in [-0.05, 0) is 48.5 Å². The van der Waals surface area contributed by atoms with E-state index in [0.29, 0.717) is 22.6 Å². The Bertz CT molecular complexity index is 1020. The highest BCUT2D eigenvalue weighted by atomic mass is 32.2. The second-order valence-corrected chi connectivity index (χ2v) is 7.22. The molecule has 0 bridgehead atoms. The van der Waals surface area contributed by atoms with E-state index in [1.54, 1.807) is 42.5 Å². The van der Waals surface area contributed by atoms with E-state index in [-0.39, 0.29) is 10.8 Å². The summed E-state index contributed by atoms with van der Waals surface area (Å²) in [5.74, 6) is -0.333. The number of nitrogen functional groups attached to an aromatic ring is 1. The van der Waals surface area contributed by atoms with Gasteiger partial charge in [-0.1, -0.05) is 30.3 Å². The third-order valence-electron chi connectivity index (χ3n) is 3.66. The van der Waals surface area contributed by atoms with Crippen molar-refractivity contribution in [3.05, 3.63) is 84.4 Å². The summed E-state index contributed by atoms with van der Waals surface area (Å²) in [6, 6.07) is 21.1. The fraction of sp³-hybridized carbons (Fsp3) is 0.